The molecule has 0 aliphatic carbocycles. The summed E-state index contributed by atoms with van der Waals surface area (Å²) >= 11 is 7.98. The van der Waals surface area contributed by atoms with Crippen LogP contribution in [0.2, 0.25) is 4.34 Å². The van der Waals surface area contributed by atoms with Crippen LogP contribution in [0.1, 0.15) is 55.0 Å². The number of H-pyrrole nitrogens is 1. The molecule has 2 aliphatic heterocycles. The molecule has 3 aromatic rings. The quantitative estimate of drug-likeness (QED) is 0.240. The van der Waals surface area contributed by atoms with Gasteiger partial charge in [-0.15, -0.1) is 11.3 Å². The fourth-order valence-corrected chi connectivity index (χ4v) is 6.30. The number of benzene rings is 1. The number of aromatic amines is 1. The highest BCUT2D eigenvalue weighted by atomic mass is 35.5. The molecule has 184 valence electrons. The maximum absolute atomic E-state index is 13.6. The third-order valence-corrected chi connectivity index (χ3v) is 8.19. The second-order valence-corrected chi connectivity index (χ2v) is 10.6. The van der Waals surface area contributed by atoms with Gasteiger partial charge in [0.15, 0.2) is 0 Å². The van der Waals surface area contributed by atoms with Crippen molar-refractivity contribution >= 4 is 51.6 Å². The Balaban J connectivity index is 1.38. The molecule has 2 atom stereocenters. The van der Waals surface area contributed by atoms with E-state index in [0.29, 0.717) is 23.7 Å². The molecule has 0 unspecified atom stereocenters. The van der Waals surface area contributed by atoms with Crippen LogP contribution in [0.3, 0.4) is 0 Å². The molecule has 0 radical (unpaired) electrons. The van der Waals surface area contributed by atoms with Gasteiger partial charge in [0.25, 0.3) is 0 Å². The molecule has 4 heterocycles. The Hall–Kier alpha value is -2.88. The third-order valence-electron chi connectivity index (χ3n) is 6.99. The number of para-hydroxylation sites is 1. The van der Waals surface area contributed by atoms with Gasteiger partial charge in [-0.1, -0.05) is 42.6 Å². The van der Waals surface area contributed by atoms with Crippen molar-refractivity contribution in [1.29, 1.82) is 0 Å². The second-order valence-electron chi connectivity index (χ2n) is 9.09. The highest BCUT2D eigenvalue weighted by molar-refractivity contribution is 7.14. The molecule has 1 aromatic carbocycles. The van der Waals surface area contributed by atoms with Gasteiger partial charge in [-0.25, -0.2) is 5.48 Å². The number of nitrogens with one attached hydrogen (secondary N) is 2. The molecule has 0 spiro atoms. The number of thiophene rings is 1. The lowest BCUT2D eigenvalue weighted by Crippen LogP contribution is -2.63. The molecular formula is C25H27ClN4O4S. The van der Waals surface area contributed by atoms with Crippen LogP contribution in [0.25, 0.3) is 10.9 Å². The summed E-state index contributed by atoms with van der Waals surface area (Å²) in [7, 11) is 0. The summed E-state index contributed by atoms with van der Waals surface area (Å²) in [4.78, 5) is 45.2. The summed E-state index contributed by atoms with van der Waals surface area (Å²) in [6.07, 6.45) is 3.82. The van der Waals surface area contributed by atoms with Crippen molar-refractivity contribution in [1.82, 2.24) is 20.3 Å². The van der Waals surface area contributed by atoms with Crippen LogP contribution in [0, 0.1) is 0 Å². The molecule has 1 fully saturated rings. The number of unbranched alkanes of at least 4 members (excludes halogenated alkanes) is 3. The van der Waals surface area contributed by atoms with Crippen molar-refractivity contribution in [2.75, 3.05) is 13.1 Å². The summed E-state index contributed by atoms with van der Waals surface area (Å²) in [6, 6.07) is 8.97. The van der Waals surface area contributed by atoms with E-state index < -0.39 is 18.0 Å². The predicted molar refractivity (Wildman–Crippen MR) is 133 cm³/mol. The van der Waals surface area contributed by atoms with E-state index in [1.54, 1.807) is 15.3 Å². The lowest BCUT2D eigenvalue weighted by atomic mass is 9.87. The topological polar surface area (TPSA) is 106 Å². The van der Waals surface area contributed by atoms with Crippen LogP contribution < -0.4 is 5.48 Å². The first-order chi connectivity index (χ1) is 17.0. The molecule has 8 nitrogen and oxygen atoms in total. The lowest BCUT2D eigenvalue weighted by Gasteiger charge is -2.47. The third kappa shape index (κ3) is 4.44. The van der Waals surface area contributed by atoms with E-state index in [-0.39, 0.29) is 24.8 Å². The molecule has 0 saturated carbocycles. The zero-order chi connectivity index (χ0) is 24.5. The fourth-order valence-electron chi connectivity index (χ4n) is 5.33. The minimum absolute atomic E-state index is 0.0310. The largest absolute Gasteiger partial charge is 0.356 e. The number of carbonyl (C=O) groups is 3. The molecule has 3 amide bonds. The van der Waals surface area contributed by atoms with Crippen molar-refractivity contribution in [3.8, 4) is 0 Å². The number of fused-ring (bicyclic) bond motifs is 4. The predicted octanol–water partition coefficient (Wildman–Crippen LogP) is 4.02. The fraction of sp³-hybridized carbons (Fsp3) is 0.400. The van der Waals surface area contributed by atoms with Crippen LogP contribution in [0.5, 0.6) is 0 Å². The number of hydrogen-bond donors (Lipinski definition) is 3. The van der Waals surface area contributed by atoms with E-state index >= 15 is 0 Å². The van der Waals surface area contributed by atoms with Gasteiger partial charge in [-0.05, 0) is 35.9 Å². The zero-order valence-corrected chi connectivity index (χ0v) is 20.7. The highest BCUT2D eigenvalue weighted by Gasteiger charge is 2.48. The Morgan fingerprint density at radius 2 is 1.97 bits per heavy atom. The minimum atomic E-state index is -0.572. The molecule has 1 saturated heterocycles. The number of halogens is 1. The van der Waals surface area contributed by atoms with Crippen molar-refractivity contribution < 1.29 is 19.6 Å². The van der Waals surface area contributed by atoms with Crippen LogP contribution in [-0.2, 0) is 20.8 Å². The number of amides is 3. The molecular weight excluding hydrogens is 488 g/mol. The average molecular weight is 515 g/mol. The summed E-state index contributed by atoms with van der Waals surface area (Å²) in [6.45, 7) is 0.557. The van der Waals surface area contributed by atoms with Gasteiger partial charge >= 0.3 is 0 Å². The average Bonchev–Trinajstić information content (AvgIpc) is 3.45. The summed E-state index contributed by atoms with van der Waals surface area (Å²) in [5.74, 6) is -0.501. The van der Waals surface area contributed by atoms with E-state index in [9.17, 15) is 14.4 Å². The van der Waals surface area contributed by atoms with Crippen LogP contribution in [0.15, 0.2) is 35.7 Å². The van der Waals surface area contributed by atoms with Gasteiger partial charge in [0, 0.05) is 41.5 Å². The van der Waals surface area contributed by atoms with Gasteiger partial charge < -0.3 is 14.8 Å². The summed E-state index contributed by atoms with van der Waals surface area (Å²) in [5.41, 5.74) is 5.47. The van der Waals surface area contributed by atoms with Gasteiger partial charge in [-0.3, -0.25) is 19.6 Å². The zero-order valence-electron chi connectivity index (χ0n) is 19.1. The Kier molecular flexibility index (Phi) is 6.82. The summed E-state index contributed by atoms with van der Waals surface area (Å²) in [5, 5.41) is 11.6. The van der Waals surface area contributed by atoms with Gasteiger partial charge in [0.1, 0.15) is 12.1 Å². The maximum Gasteiger partial charge on any atom is 0.246 e. The molecule has 2 aromatic heterocycles. The van der Waals surface area contributed by atoms with Crippen LogP contribution in [-0.4, -0.2) is 56.8 Å². The molecule has 3 N–H and O–H groups in total. The van der Waals surface area contributed by atoms with E-state index in [0.717, 1.165) is 47.0 Å². The number of piperazine rings is 1. The van der Waals surface area contributed by atoms with Crippen molar-refractivity contribution in [2.24, 2.45) is 0 Å². The monoisotopic (exact) mass is 514 g/mol. The van der Waals surface area contributed by atoms with Crippen molar-refractivity contribution in [2.45, 2.75) is 50.6 Å². The summed E-state index contributed by atoms with van der Waals surface area (Å²) < 4.78 is 0.623. The minimum Gasteiger partial charge on any atom is -0.356 e. The Morgan fingerprint density at radius 3 is 2.74 bits per heavy atom. The van der Waals surface area contributed by atoms with Crippen LogP contribution >= 0.6 is 22.9 Å². The standard InChI is InChI=1S/C25H27ClN4O4S/c26-24-16(10-12-35-24)23-22-17(15-7-4-5-8-18(15)27-22)13-19-25(33)29(14-21(32)30(19)23)11-6-2-1-3-9-20(31)28-34/h4-5,7-8,10,12,19,23,27,34H,1-3,6,9,11,13-14H2,(H,28,31)/t19-,23+/m1/s1. The second kappa shape index (κ2) is 10.0. The van der Waals surface area contributed by atoms with E-state index in [1.807, 2.05) is 29.6 Å². The van der Waals surface area contributed by atoms with E-state index in [1.165, 1.54) is 11.3 Å². The number of rotatable bonds is 8. The van der Waals surface area contributed by atoms with Crippen LogP contribution in [0.4, 0.5) is 0 Å². The first-order valence-corrected chi connectivity index (χ1v) is 13.1. The van der Waals surface area contributed by atoms with Crippen molar-refractivity contribution in [3.05, 3.63) is 56.9 Å². The van der Waals surface area contributed by atoms with Crippen molar-refractivity contribution in [3.63, 3.8) is 0 Å². The lowest BCUT2D eigenvalue weighted by molar-refractivity contribution is -0.158. The van der Waals surface area contributed by atoms with E-state index in [4.69, 9.17) is 16.8 Å². The van der Waals surface area contributed by atoms with Gasteiger partial charge in [0.2, 0.25) is 17.7 Å². The number of hydrogen-bond acceptors (Lipinski definition) is 5. The maximum atomic E-state index is 13.6. The SMILES string of the molecule is O=C(CCCCCCN1CC(=O)N2[C@@H](c3ccsc3Cl)c3[nH]c4ccccc4c3C[C@@H]2C1=O)NO. The molecule has 35 heavy (non-hydrogen) atoms. The van der Waals surface area contributed by atoms with E-state index in [2.05, 4.69) is 11.1 Å². The highest BCUT2D eigenvalue weighted by Crippen LogP contribution is 2.45. The number of nitrogens with zero attached hydrogens (tertiary/aromatic N) is 2. The first kappa shape index (κ1) is 23.8. The Labute approximate surface area is 211 Å². The van der Waals surface area contributed by atoms with Gasteiger partial charge in [-0.2, -0.15) is 0 Å². The normalized spacial score (nSPS) is 19.7. The molecule has 5 rings (SSSR count). The molecule has 0 bridgehead atoms. The Bertz CT molecular complexity index is 1270. The smallest absolute Gasteiger partial charge is 0.246 e. The molecule has 2 aliphatic rings. The van der Waals surface area contributed by atoms with Gasteiger partial charge in [0.05, 0.1) is 10.9 Å². The number of aromatic nitrogens is 1. The number of carbonyl (C=O) groups excluding carboxylic acids is 3. The first-order valence-electron chi connectivity index (χ1n) is 11.8. The number of hydroxylamine groups is 1. The Morgan fingerprint density at radius 1 is 1.17 bits per heavy atom. The molecule has 10 heteroatoms.